The Morgan fingerprint density at radius 1 is 1.05 bits per heavy atom. The first-order chi connectivity index (χ1) is 10.8. The number of methoxy groups -OCH3 is 1. The fourth-order valence-corrected chi connectivity index (χ4v) is 2.17. The van der Waals surface area contributed by atoms with Gasteiger partial charge in [0.1, 0.15) is 0 Å². The first-order valence-electron chi connectivity index (χ1n) is 6.60. The van der Waals surface area contributed by atoms with Crippen LogP contribution >= 0.6 is 15.9 Å². The fourth-order valence-electron chi connectivity index (χ4n) is 1.91. The third-order valence-corrected chi connectivity index (χ3v) is 3.52. The SMILES string of the molecule is COc1ccccc1OCc1nc(-c2ccc(Br)cc2)no1. The van der Waals surface area contributed by atoms with Gasteiger partial charge in [0.15, 0.2) is 18.1 Å². The number of aromatic nitrogens is 2. The van der Waals surface area contributed by atoms with Crippen LogP contribution in [0.5, 0.6) is 11.5 Å². The van der Waals surface area contributed by atoms with Crippen LogP contribution in [0.3, 0.4) is 0 Å². The molecule has 2 aromatic carbocycles. The maximum Gasteiger partial charge on any atom is 0.264 e. The van der Waals surface area contributed by atoms with Crippen molar-refractivity contribution >= 4 is 15.9 Å². The number of ether oxygens (including phenoxy) is 2. The number of hydrogen-bond acceptors (Lipinski definition) is 5. The van der Waals surface area contributed by atoms with Gasteiger partial charge in [0.25, 0.3) is 5.89 Å². The second kappa shape index (κ2) is 6.62. The Balaban J connectivity index is 1.71. The predicted octanol–water partition coefficient (Wildman–Crippen LogP) is 4.09. The second-order valence-electron chi connectivity index (χ2n) is 4.46. The number of nitrogens with zero attached hydrogens (tertiary/aromatic N) is 2. The van der Waals surface area contributed by atoms with Crippen LogP contribution in [0.2, 0.25) is 0 Å². The van der Waals surface area contributed by atoms with Crippen LogP contribution in [0.4, 0.5) is 0 Å². The van der Waals surface area contributed by atoms with Gasteiger partial charge in [-0.2, -0.15) is 4.98 Å². The average Bonchev–Trinajstić information content (AvgIpc) is 3.03. The number of halogens is 1. The highest BCUT2D eigenvalue weighted by molar-refractivity contribution is 9.10. The molecule has 0 fully saturated rings. The van der Waals surface area contributed by atoms with E-state index in [1.807, 2.05) is 48.5 Å². The molecule has 0 N–H and O–H groups in total. The van der Waals surface area contributed by atoms with Gasteiger partial charge < -0.3 is 14.0 Å². The minimum atomic E-state index is 0.184. The van der Waals surface area contributed by atoms with Crippen molar-refractivity contribution in [2.75, 3.05) is 7.11 Å². The third kappa shape index (κ3) is 3.28. The quantitative estimate of drug-likeness (QED) is 0.685. The minimum Gasteiger partial charge on any atom is -0.493 e. The largest absolute Gasteiger partial charge is 0.493 e. The van der Waals surface area contributed by atoms with Crippen LogP contribution in [0.1, 0.15) is 5.89 Å². The van der Waals surface area contributed by atoms with E-state index in [0.717, 1.165) is 10.0 Å². The summed E-state index contributed by atoms with van der Waals surface area (Å²) >= 11 is 3.39. The van der Waals surface area contributed by atoms with E-state index in [4.69, 9.17) is 14.0 Å². The topological polar surface area (TPSA) is 57.4 Å². The predicted molar refractivity (Wildman–Crippen MR) is 84.8 cm³/mol. The van der Waals surface area contributed by atoms with Crippen LogP contribution < -0.4 is 9.47 Å². The van der Waals surface area contributed by atoms with Gasteiger partial charge in [-0.15, -0.1) is 0 Å². The lowest BCUT2D eigenvalue weighted by Crippen LogP contribution is -1.97. The standard InChI is InChI=1S/C16H13BrN2O3/c1-20-13-4-2-3-5-14(13)21-10-15-18-16(19-22-15)11-6-8-12(17)9-7-11/h2-9H,10H2,1H3. The zero-order valence-corrected chi connectivity index (χ0v) is 13.4. The highest BCUT2D eigenvalue weighted by atomic mass is 79.9. The highest BCUT2D eigenvalue weighted by Crippen LogP contribution is 2.26. The molecule has 0 aliphatic rings. The number of para-hydroxylation sites is 2. The molecule has 0 bridgehead atoms. The van der Waals surface area contributed by atoms with Crippen molar-refractivity contribution in [3.63, 3.8) is 0 Å². The lowest BCUT2D eigenvalue weighted by atomic mass is 10.2. The summed E-state index contributed by atoms with van der Waals surface area (Å²) < 4.78 is 17.1. The summed E-state index contributed by atoms with van der Waals surface area (Å²) in [6.07, 6.45) is 0. The van der Waals surface area contributed by atoms with Crippen molar-refractivity contribution in [3.8, 4) is 22.9 Å². The average molecular weight is 361 g/mol. The Morgan fingerprint density at radius 2 is 1.77 bits per heavy atom. The Kier molecular flexibility index (Phi) is 4.39. The molecule has 0 amide bonds. The molecule has 0 unspecified atom stereocenters. The Bertz CT molecular complexity index is 756. The van der Waals surface area contributed by atoms with Crippen molar-refractivity contribution in [1.29, 1.82) is 0 Å². The van der Waals surface area contributed by atoms with Crippen LogP contribution in [0.25, 0.3) is 11.4 Å². The molecule has 3 aromatic rings. The molecule has 0 saturated heterocycles. The van der Waals surface area contributed by atoms with Crippen molar-refractivity contribution in [1.82, 2.24) is 10.1 Å². The van der Waals surface area contributed by atoms with Crippen LogP contribution in [-0.4, -0.2) is 17.3 Å². The molecule has 112 valence electrons. The Hall–Kier alpha value is -2.34. The molecule has 0 aliphatic heterocycles. The molecule has 1 heterocycles. The van der Waals surface area contributed by atoms with Gasteiger partial charge in [-0.1, -0.05) is 33.2 Å². The molecule has 22 heavy (non-hydrogen) atoms. The summed E-state index contributed by atoms with van der Waals surface area (Å²) in [6, 6.07) is 15.1. The fraction of sp³-hybridized carbons (Fsp3) is 0.125. The summed E-state index contributed by atoms with van der Waals surface area (Å²) in [5, 5.41) is 3.96. The molecule has 1 aromatic heterocycles. The molecule has 3 rings (SSSR count). The smallest absolute Gasteiger partial charge is 0.264 e. The van der Waals surface area contributed by atoms with E-state index in [9.17, 15) is 0 Å². The van der Waals surface area contributed by atoms with Gasteiger partial charge in [-0.3, -0.25) is 0 Å². The first-order valence-corrected chi connectivity index (χ1v) is 7.40. The molecule has 0 atom stereocenters. The summed E-state index contributed by atoms with van der Waals surface area (Å²) in [7, 11) is 1.60. The third-order valence-electron chi connectivity index (χ3n) is 2.99. The van der Waals surface area contributed by atoms with E-state index >= 15 is 0 Å². The maximum absolute atomic E-state index is 5.65. The zero-order chi connectivity index (χ0) is 15.4. The Morgan fingerprint density at radius 3 is 2.50 bits per heavy atom. The first kappa shape index (κ1) is 14.6. The maximum atomic E-state index is 5.65. The van der Waals surface area contributed by atoms with Gasteiger partial charge in [0.2, 0.25) is 5.82 Å². The van der Waals surface area contributed by atoms with E-state index < -0.39 is 0 Å². The zero-order valence-electron chi connectivity index (χ0n) is 11.8. The lowest BCUT2D eigenvalue weighted by molar-refractivity contribution is 0.233. The van der Waals surface area contributed by atoms with Gasteiger partial charge in [0, 0.05) is 10.0 Å². The molecular weight excluding hydrogens is 348 g/mol. The number of rotatable bonds is 5. The molecule has 5 nitrogen and oxygen atoms in total. The number of hydrogen-bond donors (Lipinski definition) is 0. The van der Waals surface area contributed by atoms with E-state index in [-0.39, 0.29) is 6.61 Å². The van der Waals surface area contributed by atoms with Gasteiger partial charge in [-0.05, 0) is 36.4 Å². The minimum absolute atomic E-state index is 0.184. The summed E-state index contributed by atoms with van der Waals surface area (Å²) in [5.74, 6) is 2.23. The number of benzene rings is 2. The van der Waals surface area contributed by atoms with Gasteiger partial charge in [0.05, 0.1) is 7.11 Å². The van der Waals surface area contributed by atoms with E-state index in [1.54, 1.807) is 7.11 Å². The van der Waals surface area contributed by atoms with Crippen molar-refractivity contribution in [2.45, 2.75) is 6.61 Å². The second-order valence-corrected chi connectivity index (χ2v) is 5.37. The highest BCUT2D eigenvalue weighted by Gasteiger charge is 2.10. The van der Waals surface area contributed by atoms with Crippen molar-refractivity contribution in [3.05, 3.63) is 58.9 Å². The monoisotopic (exact) mass is 360 g/mol. The normalized spacial score (nSPS) is 10.5. The lowest BCUT2D eigenvalue weighted by Gasteiger charge is -2.07. The molecule has 0 spiro atoms. The van der Waals surface area contributed by atoms with E-state index in [1.165, 1.54) is 0 Å². The summed E-state index contributed by atoms with van der Waals surface area (Å²) in [6.45, 7) is 0.184. The van der Waals surface area contributed by atoms with Gasteiger partial charge in [-0.25, -0.2) is 0 Å². The summed E-state index contributed by atoms with van der Waals surface area (Å²) in [5.41, 5.74) is 0.885. The molecule has 0 saturated carbocycles. The van der Waals surface area contributed by atoms with E-state index in [2.05, 4.69) is 26.1 Å². The van der Waals surface area contributed by atoms with Gasteiger partial charge >= 0.3 is 0 Å². The van der Waals surface area contributed by atoms with E-state index in [0.29, 0.717) is 23.2 Å². The van der Waals surface area contributed by atoms with Crippen LogP contribution in [-0.2, 0) is 6.61 Å². The molecular formula is C16H13BrN2O3. The van der Waals surface area contributed by atoms with Crippen LogP contribution in [0.15, 0.2) is 57.5 Å². The summed E-state index contributed by atoms with van der Waals surface area (Å²) in [4.78, 5) is 4.32. The van der Waals surface area contributed by atoms with Crippen molar-refractivity contribution < 1.29 is 14.0 Å². The molecule has 6 heteroatoms. The molecule has 0 radical (unpaired) electrons. The molecule has 0 aliphatic carbocycles. The van der Waals surface area contributed by atoms with Crippen molar-refractivity contribution in [2.24, 2.45) is 0 Å². The van der Waals surface area contributed by atoms with Crippen LogP contribution in [0, 0.1) is 0 Å². The Labute approximate surface area is 136 Å².